The van der Waals surface area contributed by atoms with E-state index < -0.39 is 127 Å². The van der Waals surface area contributed by atoms with E-state index in [-0.39, 0.29) is 61.9 Å². The van der Waals surface area contributed by atoms with Crippen LogP contribution in [0.15, 0.2) is 36.5 Å². The summed E-state index contributed by atoms with van der Waals surface area (Å²) in [6, 6.07) is 0. The Morgan fingerprint density at radius 3 is 2.09 bits per heavy atom. The average molecular weight is 999 g/mol. The van der Waals surface area contributed by atoms with E-state index in [1.54, 1.807) is 34.6 Å². The highest BCUT2D eigenvalue weighted by atomic mass is 16.7. The fourth-order valence-corrected chi connectivity index (χ4v) is 11.5. The molecule has 25 atom stereocenters. The second-order valence-electron chi connectivity index (χ2n) is 22.1. The summed E-state index contributed by atoms with van der Waals surface area (Å²) in [5.74, 6) is -5.18. The third-order valence-corrected chi connectivity index (χ3v) is 16.5. The largest absolute Gasteiger partial charge is 0.458 e. The lowest BCUT2D eigenvalue weighted by atomic mass is 9.73. The zero-order chi connectivity index (χ0) is 52.4. The molecule has 16 nitrogen and oxygen atoms in total. The normalized spacial score (nSPS) is 46.0. The van der Waals surface area contributed by atoms with E-state index in [2.05, 4.69) is 6.92 Å². The van der Waals surface area contributed by atoms with Crippen molar-refractivity contribution in [3.63, 3.8) is 0 Å². The van der Waals surface area contributed by atoms with Gasteiger partial charge < -0.3 is 74.7 Å². The third-order valence-electron chi connectivity index (χ3n) is 16.5. The van der Waals surface area contributed by atoms with Crippen LogP contribution in [0.25, 0.3) is 0 Å². The first kappa shape index (κ1) is 60.7. The number of carbonyl (C=O) groups is 1. The molecule has 3 saturated heterocycles. The lowest BCUT2D eigenvalue weighted by Gasteiger charge is -2.56. The molecule has 3 fully saturated rings. The first-order valence-corrected chi connectivity index (χ1v) is 26.6. The smallest absolute Gasteiger partial charge is 0.330 e. The molecule has 0 aromatic rings. The fourth-order valence-electron chi connectivity index (χ4n) is 11.5. The number of hydrogen-bond acceptors (Lipinski definition) is 16. The highest BCUT2D eigenvalue weighted by Gasteiger charge is 2.57. The number of rotatable bonds is 9. The van der Waals surface area contributed by atoms with Gasteiger partial charge in [0.2, 0.25) is 0 Å². The first-order chi connectivity index (χ1) is 32.8. The topological polar surface area (TPSA) is 266 Å². The van der Waals surface area contributed by atoms with Gasteiger partial charge in [-0.1, -0.05) is 99.1 Å². The van der Waals surface area contributed by atoms with Crippen molar-refractivity contribution in [1.29, 1.82) is 0 Å². The first-order valence-electron chi connectivity index (χ1n) is 26.6. The van der Waals surface area contributed by atoms with E-state index >= 15 is 0 Å². The van der Waals surface area contributed by atoms with Crippen LogP contribution in [0, 0.1) is 47.3 Å². The molecule has 0 aliphatic carbocycles. The second kappa shape index (κ2) is 27.1. The molecule has 2 bridgehead atoms. The Morgan fingerprint density at radius 1 is 0.771 bits per heavy atom. The lowest BCUT2D eigenvalue weighted by Crippen LogP contribution is -2.63. The maximum absolute atomic E-state index is 13.9. The van der Waals surface area contributed by atoms with Crippen molar-refractivity contribution >= 4 is 5.97 Å². The number of fused-ring (bicyclic) bond motifs is 2. The van der Waals surface area contributed by atoms with Crippen molar-refractivity contribution in [2.75, 3.05) is 0 Å². The highest BCUT2D eigenvalue weighted by molar-refractivity contribution is 5.82. The van der Waals surface area contributed by atoms with Crippen molar-refractivity contribution in [3.8, 4) is 0 Å². The van der Waals surface area contributed by atoms with Crippen molar-refractivity contribution in [3.05, 3.63) is 36.5 Å². The van der Waals surface area contributed by atoms with Crippen molar-refractivity contribution in [2.45, 2.75) is 250 Å². The zero-order valence-electron chi connectivity index (χ0n) is 43.9. The van der Waals surface area contributed by atoms with Crippen LogP contribution in [0.2, 0.25) is 0 Å². The molecule has 406 valence electrons. The number of ether oxygens (including phenoxy) is 5. The molecule has 0 amide bonds. The minimum Gasteiger partial charge on any atom is -0.458 e. The van der Waals surface area contributed by atoms with Crippen molar-refractivity contribution < 1.29 is 79.5 Å². The summed E-state index contributed by atoms with van der Waals surface area (Å²) in [7, 11) is 0. The van der Waals surface area contributed by atoms with E-state index in [0.29, 0.717) is 32.1 Å². The number of hydrogen-bond donors (Lipinski definition) is 10. The van der Waals surface area contributed by atoms with Crippen LogP contribution in [0.4, 0.5) is 0 Å². The molecule has 0 aromatic heterocycles. The molecular formula is C54H94O16. The van der Waals surface area contributed by atoms with Crippen LogP contribution in [-0.4, -0.2) is 160 Å². The summed E-state index contributed by atoms with van der Waals surface area (Å²) in [5, 5.41) is 115. The van der Waals surface area contributed by atoms with Crippen molar-refractivity contribution in [2.24, 2.45) is 47.3 Å². The van der Waals surface area contributed by atoms with Gasteiger partial charge in [0.1, 0.15) is 36.1 Å². The fraction of sp³-hybridized carbons (Fsp3) is 0.870. The van der Waals surface area contributed by atoms with Gasteiger partial charge in [0.25, 0.3) is 0 Å². The average Bonchev–Trinajstić information content (AvgIpc) is 3.33. The predicted molar refractivity (Wildman–Crippen MR) is 263 cm³/mol. The van der Waals surface area contributed by atoms with Gasteiger partial charge in [-0.2, -0.15) is 0 Å². The molecule has 1 spiro atoms. The Morgan fingerprint density at radius 2 is 1.46 bits per heavy atom. The van der Waals surface area contributed by atoms with Gasteiger partial charge in [-0.25, -0.2) is 4.79 Å². The number of esters is 1. The molecule has 4 rings (SSSR count). The van der Waals surface area contributed by atoms with Gasteiger partial charge in [-0.05, 0) is 83.0 Å². The Bertz CT molecular complexity index is 1660. The SMILES string of the molecule is CCCC1(O)C(O)C(C)CC=CC=CC(CC(C)O)CCC2OC3(CCC(C)C(C(C)C(O)CC)O3)C(C)C(OC(=O)C=CC(C)C(O)C(C)C(O)C(OC3CCC(O)C(C)O3)C(O)C(O)C1O)C2C. The monoisotopic (exact) mass is 999 g/mol. The third kappa shape index (κ3) is 14.9. The molecule has 0 radical (unpaired) electrons. The van der Waals surface area contributed by atoms with E-state index in [1.165, 1.54) is 19.1 Å². The van der Waals surface area contributed by atoms with Gasteiger partial charge in [-0.15, -0.1) is 0 Å². The van der Waals surface area contributed by atoms with Crippen molar-refractivity contribution in [1.82, 2.24) is 0 Å². The summed E-state index contributed by atoms with van der Waals surface area (Å²) in [6.07, 6.45) is -3.50. The Labute approximate surface area is 418 Å². The zero-order valence-corrected chi connectivity index (χ0v) is 43.9. The molecule has 25 unspecified atom stereocenters. The highest BCUT2D eigenvalue weighted by Crippen LogP contribution is 2.50. The number of allylic oxidation sites excluding steroid dienone is 4. The molecule has 4 heterocycles. The summed E-state index contributed by atoms with van der Waals surface area (Å²) in [5.41, 5.74) is -2.33. The molecule has 10 N–H and O–H groups in total. The van der Waals surface area contributed by atoms with E-state index in [1.807, 2.05) is 52.0 Å². The summed E-state index contributed by atoms with van der Waals surface area (Å²) >= 11 is 0. The Hall–Kier alpha value is -1.87. The quantitative estimate of drug-likeness (QED) is 0.142. The number of aliphatic hydroxyl groups is 10. The maximum atomic E-state index is 13.9. The summed E-state index contributed by atoms with van der Waals surface area (Å²) in [4.78, 5) is 13.9. The minimum atomic E-state index is -2.33. The molecular weight excluding hydrogens is 905 g/mol. The molecule has 0 saturated carbocycles. The van der Waals surface area contributed by atoms with Gasteiger partial charge in [-0.3, -0.25) is 0 Å². The van der Waals surface area contributed by atoms with Crippen LogP contribution >= 0.6 is 0 Å². The van der Waals surface area contributed by atoms with Gasteiger partial charge >= 0.3 is 5.97 Å². The molecule has 0 aromatic carbocycles. The minimum absolute atomic E-state index is 0.0833. The second-order valence-corrected chi connectivity index (χ2v) is 22.1. The van der Waals surface area contributed by atoms with Crippen LogP contribution in [0.3, 0.4) is 0 Å². The van der Waals surface area contributed by atoms with Gasteiger partial charge in [0.15, 0.2) is 12.1 Å². The molecule has 16 heteroatoms. The Kier molecular flexibility index (Phi) is 23.5. The van der Waals surface area contributed by atoms with Crippen LogP contribution in [0.5, 0.6) is 0 Å². The van der Waals surface area contributed by atoms with E-state index in [0.717, 1.165) is 6.42 Å². The number of carbonyl (C=O) groups excluding carboxylic acids is 1. The molecule has 70 heavy (non-hydrogen) atoms. The standard InChI is InChI=1S/C54H94O16/c1-12-26-53(65)51(63)31(5)17-15-14-16-18-38(28-32(6)55)20-22-41-34(8)49(36(10)54(69-41)27-25-30(4)48(70-54)33(7)39(56)13-2)67-42(58)23-19-29(3)44(59)35(9)45(60)50(46(61)47(62)52(53)64)68-43-24-21-40(57)37(11)66-43/h14-16,18-19,23,29-41,43-52,55-57,59-65H,12-13,17,20-22,24-28H2,1-11H3. The molecule has 4 aliphatic heterocycles. The lowest BCUT2D eigenvalue weighted by molar-refractivity contribution is -0.376. The van der Waals surface area contributed by atoms with Crippen LogP contribution in [0.1, 0.15) is 147 Å². The van der Waals surface area contributed by atoms with E-state index in [9.17, 15) is 55.9 Å². The van der Waals surface area contributed by atoms with E-state index in [4.69, 9.17) is 23.7 Å². The predicted octanol–water partition coefficient (Wildman–Crippen LogP) is 4.60. The Balaban J connectivity index is 1.77. The summed E-state index contributed by atoms with van der Waals surface area (Å²) < 4.78 is 32.4. The summed E-state index contributed by atoms with van der Waals surface area (Å²) in [6.45, 7) is 20.0. The molecule has 4 aliphatic rings. The number of aliphatic hydroxyl groups excluding tert-OH is 9. The van der Waals surface area contributed by atoms with Gasteiger partial charge in [0.05, 0.1) is 54.9 Å². The van der Waals surface area contributed by atoms with Crippen LogP contribution in [-0.2, 0) is 28.5 Å². The van der Waals surface area contributed by atoms with Crippen LogP contribution < -0.4 is 0 Å². The maximum Gasteiger partial charge on any atom is 0.330 e. The van der Waals surface area contributed by atoms with Gasteiger partial charge in [0, 0.05) is 48.5 Å².